The molecule has 0 bridgehead atoms. The topological polar surface area (TPSA) is 38.0 Å². The van der Waals surface area contributed by atoms with E-state index < -0.39 is 0 Å². The minimum absolute atomic E-state index is 0.394. The van der Waals surface area contributed by atoms with Crippen molar-refractivity contribution in [2.24, 2.45) is 16.6 Å². The van der Waals surface area contributed by atoms with Crippen molar-refractivity contribution in [3.05, 3.63) is 0 Å². The van der Waals surface area contributed by atoms with Crippen molar-refractivity contribution in [2.45, 2.75) is 33.6 Å². The van der Waals surface area contributed by atoms with Crippen molar-refractivity contribution in [3.8, 4) is 0 Å². The van der Waals surface area contributed by atoms with E-state index in [0.29, 0.717) is 10.8 Å². The van der Waals surface area contributed by atoms with Gasteiger partial charge in [-0.05, 0) is 30.2 Å². The van der Waals surface area contributed by atoms with Crippen molar-refractivity contribution in [1.82, 2.24) is 5.32 Å². The lowest BCUT2D eigenvalue weighted by Crippen LogP contribution is -2.34. The molecule has 0 spiro atoms. The van der Waals surface area contributed by atoms with E-state index in [1.165, 1.54) is 12.8 Å². The fourth-order valence-electron chi connectivity index (χ4n) is 1.33. The van der Waals surface area contributed by atoms with E-state index in [-0.39, 0.29) is 0 Å². The summed E-state index contributed by atoms with van der Waals surface area (Å²) in [6.07, 6.45) is 2.64. The van der Waals surface area contributed by atoms with Gasteiger partial charge in [0.25, 0.3) is 0 Å². The molecule has 0 heterocycles. The molecule has 0 aliphatic heterocycles. The van der Waals surface area contributed by atoms with Gasteiger partial charge in [-0.3, -0.25) is 0 Å². The van der Waals surface area contributed by atoms with Crippen LogP contribution in [0.5, 0.6) is 0 Å². The summed E-state index contributed by atoms with van der Waals surface area (Å²) in [6, 6.07) is 0. The Morgan fingerprint density at radius 3 is 2.25 bits per heavy atom. The van der Waals surface area contributed by atoms with Gasteiger partial charge in [0, 0.05) is 13.1 Å². The molecule has 1 fully saturated rings. The van der Waals surface area contributed by atoms with Crippen LogP contribution in [0.4, 0.5) is 0 Å². The Labute approximate surface area is 75.9 Å². The van der Waals surface area contributed by atoms with Gasteiger partial charge >= 0.3 is 0 Å². The zero-order chi connectivity index (χ0) is 9.24. The monoisotopic (exact) mass is 170 g/mol. The number of rotatable bonds is 4. The molecular weight excluding hydrogens is 148 g/mol. The number of nitrogens with two attached hydrogens (primary N) is 1. The van der Waals surface area contributed by atoms with E-state index in [0.717, 1.165) is 19.6 Å². The molecule has 0 radical (unpaired) electrons. The number of nitrogens with one attached hydrogen (secondary N) is 1. The summed E-state index contributed by atoms with van der Waals surface area (Å²) < 4.78 is 0. The Bertz CT molecular complexity index is 142. The predicted octanol–water partition coefficient (Wildman–Crippen LogP) is 1.36. The third-order valence-electron chi connectivity index (χ3n) is 2.55. The standard InChI is InChI=1S/C10H22N2/c1-9(2,3)7-12-8-10(6-11)4-5-10/h12H,4-8,11H2,1-3H3. The van der Waals surface area contributed by atoms with Crippen molar-refractivity contribution in [3.63, 3.8) is 0 Å². The maximum atomic E-state index is 5.68. The molecule has 0 atom stereocenters. The van der Waals surface area contributed by atoms with E-state index in [1.54, 1.807) is 0 Å². The second kappa shape index (κ2) is 3.35. The maximum Gasteiger partial charge on any atom is 0.00201 e. The maximum absolute atomic E-state index is 5.68. The Balaban J connectivity index is 2.10. The molecule has 72 valence electrons. The van der Waals surface area contributed by atoms with Gasteiger partial charge in [-0.2, -0.15) is 0 Å². The van der Waals surface area contributed by atoms with Crippen molar-refractivity contribution in [2.75, 3.05) is 19.6 Å². The van der Waals surface area contributed by atoms with Gasteiger partial charge in [-0.1, -0.05) is 20.8 Å². The summed E-state index contributed by atoms with van der Waals surface area (Å²) in [5.74, 6) is 0. The first-order chi connectivity index (χ1) is 5.47. The van der Waals surface area contributed by atoms with Gasteiger partial charge in [-0.15, -0.1) is 0 Å². The quantitative estimate of drug-likeness (QED) is 0.668. The van der Waals surface area contributed by atoms with Crippen molar-refractivity contribution in [1.29, 1.82) is 0 Å². The Morgan fingerprint density at radius 1 is 1.33 bits per heavy atom. The van der Waals surface area contributed by atoms with Crippen LogP contribution < -0.4 is 11.1 Å². The molecule has 1 aliphatic rings. The van der Waals surface area contributed by atoms with Crippen molar-refractivity contribution >= 4 is 0 Å². The van der Waals surface area contributed by atoms with Crippen LogP contribution in [0.25, 0.3) is 0 Å². The summed E-state index contributed by atoms with van der Waals surface area (Å²) in [6.45, 7) is 9.81. The first-order valence-electron chi connectivity index (χ1n) is 4.88. The molecule has 0 amide bonds. The molecular formula is C10H22N2. The summed E-state index contributed by atoms with van der Waals surface area (Å²) in [7, 11) is 0. The normalized spacial score (nSPS) is 21.0. The molecule has 0 aromatic rings. The summed E-state index contributed by atoms with van der Waals surface area (Å²) in [5, 5.41) is 3.50. The lowest BCUT2D eigenvalue weighted by molar-refractivity contribution is 0.353. The van der Waals surface area contributed by atoms with Gasteiger partial charge in [0.2, 0.25) is 0 Å². The van der Waals surface area contributed by atoms with Crippen LogP contribution in [0.15, 0.2) is 0 Å². The fourth-order valence-corrected chi connectivity index (χ4v) is 1.33. The highest BCUT2D eigenvalue weighted by molar-refractivity contribution is 4.95. The predicted molar refractivity (Wildman–Crippen MR) is 53.0 cm³/mol. The van der Waals surface area contributed by atoms with Gasteiger partial charge in [0.15, 0.2) is 0 Å². The van der Waals surface area contributed by atoms with Crippen LogP contribution in [-0.4, -0.2) is 19.6 Å². The molecule has 0 aromatic heterocycles. The van der Waals surface area contributed by atoms with Crippen LogP contribution in [0, 0.1) is 10.8 Å². The molecule has 2 heteroatoms. The average Bonchev–Trinajstić information content (AvgIpc) is 2.67. The van der Waals surface area contributed by atoms with Crippen LogP contribution in [0.3, 0.4) is 0 Å². The SMILES string of the molecule is CC(C)(C)CNCC1(CN)CC1. The van der Waals surface area contributed by atoms with Gasteiger partial charge < -0.3 is 11.1 Å². The molecule has 0 saturated heterocycles. The number of hydrogen-bond donors (Lipinski definition) is 2. The molecule has 1 rings (SSSR count). The lowest BCUT2D eigenvalue weighted by Gasteiger charge is -2.21. The van der Waals surface area contributed by atoms with E-state index in [2.05, 4.69) is 26.1 Å². The van der Waals surface area contributed by atoms with Crippen LogP contribution >= 0.6 is 0 Å². The highest BCUT2D eigenvalue weighted by atomic mass is 14.9. The minimum Gasteiger partial charge on any atom is -0.330 e. The van der Waals surface area contributed by atoms with E-state index in [4.69, 9.17) is 5.73 Å². The van der Waals surface area contributed by atoms with Crippen LogP contribution in [-0.2, 0) is 0 Å². The minimum atomic E-state index is 0.394. The molecule has 3 N–H and O–H groups in total. The zero-order valence-corrected chi connectivity index (χ0v) is 8.61. The van der Waals surface area contributed by atoms with Gasteiger partial charge in [0.1, 0.15) is 0 Å². The van der Waals surface area contributed by atoms with Gasteiger partial charge in [0.05, 0.1) is 0 Å². The second-order valence-corrected chi connectivity index (χ2v) is 5.37. The molecule has 1 saturated carbocycles. The Morgan fingerprint density at radius 2 is 1.92 bits per heavy atom. The Kier molecular flexibility index (Phi) is 2.79. The Hall–Kier alpha value is -0.0800. The highest BCUT2D eigenvalue weighted by Crippen LogP contribution is 2.43. The summed E-state index contributed by atoms with van der Waals surface area (Å²) >= 11 is 0. The fraction of sp³-hybridized carbons (Fsp3) is 1.00. The van der Waals surface area contributed by atoms with Crippen molar-refractivity contribution < 1.29 is 0 Å². The lowest BCUT2D eigenvalue weighted by atomic mass is 9.96. The smallest absolute Gasteiger partial charge is 0.00201 e. The highest BCUT2D eigenvalue weighted by Gasteiger charge is 2.40. The third kappa shape index (κ3) is 3.11. The second-order valence-electron chi connectivity index (χ2n) is 5.37. The molecule has 2 nitrogen and oxygen atoms in total. The molecule has 0 unspecified atom stereocenters. The number of hydrogen-bond acceptors (Lipinski definition) is 2. The first-order valence-corrected chi connectivity index (χ1v) is 4.88. The third-order valence-corrected chi connectivity index (χ3v) is 2.55. The largest absolute Gasteiger partial charge is 0.330 e. The zero-order valence-electron chi connectivity index (χ0n) is 8.61. The molecule has 1 aliphatic carbocycles. The van der Waals surface area contributed by atoms with Crippen LogP contribution in [0.2, 0.25) is 0 Å². The van der Waals surface area contributed by atoms with E-state index in [1.807, 2.05) is 0 Å². The molecule has 0 aromatic carbocycles. The first kappa shape index (κ1) is 10.0. The average molecular weight is 170 g/mol. The summed E-state index contributed by atoms with van der Waals surface area (Å²) in [4.78, 5) is 0. The molecule has 12 heavy (non-hydrogen) atoms. The van der Waals surface area contributed by atoms with Crippen LogP contribution in [0.1, 0.15) is 33.6 Å². The van der Waals surface area contributed by atoms with E-state index in [9.17, 15) is 0 Å². The van der Waals surface area contributed by atoms with E-state index >= 15 is 0 Å². The van der Waals surface area contributed by atoms with Gasteiger partial charge in [-0.25, -0.2) is 0 Å². The summed E-state index contributed by atoms with van der Waals surface area (Å²) in [5.41, 5.74) is 6.55.